The second kappa shape index (κ2) is 5.09. The molecule has 1 aliphatic heterocycles. The Balaban J connectivity index is 1.85. The molecule has 98 valence electrons. The number of benzene rings is 1. The van der Waals surface area contributed by atoms with Gasteiger partial charge in [0.05, 0.1) is 12.4 Å². The van der Waals surface area contributed by atoms with Gasteiger partial charge in [0.2, 0.25) is 0 Å². The van der Waals surface area contributed by atoms with Gasteiger partial charge in [0, 0.05) is 12.2 Å². The van der Waals surface area contributed by atoms with E-state index in [2.05, 4.69) is 21.8 Å². The summed E-state index contributed by atoms with van der Waals surface area (Å²) < 4.78 is 0. The molecule has 2 amide bonds. The van der Waals surface area contributed by atoms with Crippen molar-refractivity contribution in [3.05, 3.63) is 42.2 Å². The fourth-order valence-corrected chi connectivity index (χ4v) is 2.33. The highest BCUT2D eigenvalue weighted by atomic mass is 16.2. The van der Waals surface area contributed by atoms with Crippen LogP contribution in [0.1, 0.15) is 18.4 Å². The van der Waals surface area contributed by atoms with E-state index in [0.717, 1.165) is 31.5 Å². The molecular formula is C13H15N5O. The number of para-hydroxylation sites is 1. The van der Waals surface area contributed by atoms with Crippen LogP contribution in [-0.4, -0.2) is 27.7 Å². The Bertz CT molecular complexity index is 566. The number of urea groups is 1. The van der Waals surface area contributed by atoms with Gasteiger partial charge in [-0.25, -0.2) is 10.2 Å². The number of nitrogens with one attached hydrogen (secondary N) is 1. The fraction of sp³-hybridized carbons (Fsp3) is 0.308. The molecule has 0 bridgehead atoms. The Morgan fingerprint density at radius 3 is 3.00 bits per heavy atom. The molecule has 0 saturated heterocycles. The average Bonchev–Trinajstić information content (AvgIpc) is 2.83. The summed E-state index contributed by atoms with van der Waals surface area (Å²) in [6, 6.07) is 7.86. The molecule has 1 N–H and O–H groups in total. The van der Waals surface area contributed by atoms with Crippen molar-refractivity contribution in [3.63, 3.8) is 0 Å². The van der Waals surface area contributed by atoms with Crippen molar-refractivity contribution in [2.24, 2.45) is 0 Å². The molecule has 6 heteroatoms. The van der Waals surface area contributed by atoms with E-state index in [0.29, 0.717) is 0 Å². The van der Waals surface area contributed by atoms with E-state index in [4.69, 9.17) is 0 Å². The summed E-state index contributed by atoms with van der Waals surface area (Å²) in [7, 11) is 0. The van der Waals surface area contributed by atoms with Crippen molar-refractivity contribution in [2.75, 3.05) is 16.9 Å². The van der Waals surface area contributed by atoms with E-state index < -0.39 is 0 Å². The number of fused-ring (bicyclic) bond motifs is 1. The summed E-state index contributed by atoms with van der Waals surface area (Å²) >= 11 is 0. The molecule has 1 aliphatic rings. The van der Waals surface area contributed by atoms with Crippen LogP contribution in [0.15, 0.2) is 36.7 Å². The third-order valence-corrected chi connectivity index (χ3v) is 3.24. The lowest BCUT2D eigenvalue weighted by atomic mass is 10.1. The summed E-state index contributed by atoms with van der Waals surface area (Å²) in [6.45, 7) is 0.720. The van der Waals surface area contributed by atoms with Crippen molar-refractivity contribution >= 4 is 11.7 Å². The number of amides is 2. The van der Waals surface area contributed by atoms with Crippen LogP contribution in [0.25, 0.3) is 0 Å². The standard InChI is InChI=1S/C13H15N5O/c19-13(15-18-10-8-14-16-18)17-9-4-3-6-11-5-1-2-7-12(11)17/h1-2,5,7-8,10H,3-4,6,9H2,(H,15,19). The number of nitrogens with zero attached hydrogens (tertiary/aromatic N) is 4. The van der Waals surface area contributed by atoms with Gasteiger partial charge in [0.1, 0.15) is 0 Å². The van der Waals surface area contributed by atoms with Gasteiger partial charge in [0.15, 0.2) is 0 Å². The second-order valence-electron chi connectivity index (χ2n) is 4.50. The first-order valence-electron chi connectivity index (χ1n) is 6.37. The maximum Gasteiger partial charge on any atom is 0.342 e. The van der Waals surface area contributed by atoms with E-state index in [9.17, 15) is 4.79 Å². The van der Waals surface area contributed by atoms with Crippen molar-refractivity contribution in [1.29, 1.82) is 0 Å². The maximum absolute atomic E-state index is 12.3. The molecule has 2 heterocycles. The molecule has 0 atom stereocenters. The number of aromatic nitrogens is 3. The average molecular weight is 257 g/mol. The zero-order valence-electron chi connectivity index (χ0n) is 10.5. The van der Waals surface area contributed by atoms with E-state index >= 15 is 0 Å². The molecule has 0 radical (unpaired) electrons. The SMILES string of the molecule is O=C(Nn1ccnn1)N1CCCCc2ccccc21. The molecule has 6 nitrogen and oxygen atoms in total. The predicted octanol–water partition coefficient (Wildman–Crippen LogP) is 1.78. The van der Waals surface area contributed by atoms with Crippen LogP contribution < -0.4 is 10.3 Å². The lowest BCUT2D eigenvalue weighted by Crippen LogP contribution is -2.39. The first-order valence-corrected chi connectivity index (χ1v) is 6.37. The van der Waals surface area contributed by atoms with Gasteiger partial charge in [0.25, 0.3) is 0 Å². The van der Waals surface area contributed by atoms with Gasteiger partial charge in [-0.3, -0.25) is 4.90 Å². The Morgan fingerprint density at radius 2 is 2.16 bits per heavy atom. The topological polar surface area (TPSA) is 63.1 Å². The molecule has 3 rings (SSSR count). The number of carbonyl (C=O) groups excluding carboxylic acids is 1. The third kappa shape index (κ3) is 2.42. The van der Waals surface area contributed by atoms with Crippen molar-refractivity contribution in [2.45, 2.75) is 19.3 Å². The van der Waals surface area contributed by atoms with Crippen LogP contribution in [0.2, 0.25) is 0 Å². The van der Waals surface area contributed by atoms with Gasteiger partial charge in [-0.2, -0.15) is 4.79 Å². The van der Waals surface area contributed by atoms with E-state index in [1.165, 1.54) is 16.6 Å². The first-order chi connectivity index (χ1) is 9.34. The quantitative estimate of drug-likeness (QED) is 0.847. The summed E-state index contributed by atoms with van der Waals surface area (Å²) in [6.07, 6.45) is 6.24. The molecule has 0 aliphatic carbocycles. The second-order valence-corrected chi connectivity index (χ2v) is 4.50. The maximum atomic E-state index is 12.3. The highest BCUT2D eigenvalue weighted by Crippen LogP contribution is 2.26. The van der Waals surface area contributed by atoms with E-state index in [-0.39, 0.29) is 6.03 Å². The van der Waals surface area contributed by atoms with Gasteiger partial charge < -0.3 is 0 Å². The Morgan fingerprint density at radius 1 is 1.26 bits per heavy atom. The highest BCUT2D eigenvalue weighted by Gasteiger charge is 2.20. The van der Waals surface area contributed by atoms with Gasteiger partial charge >= 0.3 is 6.03 Å². The molecule has 0 saturated carbocycles. The summed E-state index contributed by atoms with van der Waals surface area (Å²) in [5.41, 5.74) is 4.89. The molecule has 0 fully saturated rings. The zero-order valence-corrected chi connectivity index (χ0v) is 10.5. The Hall–Kier alpha value is -2.37. The monoisotopic (exact) mass is 257 g/mol. The minimum atomic E-state index is -0.181. The number of aryl methyl sites for hydroxylation is 1. The lowest BCUT2D eigenvalue weighted by molar-refractivity contribution is 0.253. The minimum Gasteiger partial charge on any atom is -0.293 e. The molecule has 0 unspecified atom stereocenters. The van der Waals surface area contributed by atoms with Crippen molar-refractivity contribution < 1.29 is 4.79 Å². The van der Waals surface area contributed by atoms with Gasteiger partial charge in [-0.05, 0) is 36.1 Å². The van der Waals surface area contributed by atoms with Crippen molar-refractivity contribution in [1.82, 2.24) is 15.1 Å². The number of rotatable bonds is 1. The van der Waals surface area contributed by atoms with Crippen LogP contribution in [0, 0.1) is 0 Å². The van der Waals surface area contributed by atoms with Crippen LogP contribution in [0.4, 0.5) is 10.5 Å². The number of hydrogen-bond donors (Lipinski definition) is 1. The molecule has 1 aromatic heterocycles. The molecule has 1 aromatic carbocycles. The third-order valence-electron chi connectivity index (χ3n) is 3.24. The van der Waals surface area contributed by atoms with E-state index in [1.807, 2.05) is 18.2 Å². The Labute approximate surface area is 111 Å². The summed E-state index contributed by atoms with van der Waals surface area (Å²) in [5.74, 6) is 0. The lowest BCUT2D eigenvalue weighted by Gasteiger charge is -2.22. The minimum absolute atomic E-state index is 0.181. The summed E-state index contributed by atoms with van der Waals surface area (Å²) in [5, 5.41) is 7.40. The number of anilines is 1. The largest absolute Gasteiger partial charge is 0.342 e. The predicted molar refractivity (Wildman–Crippen MR) is 71.5 cm³/mol. The normalized spacial score (nSPS) is 14.6. The molecule has 2 aromatic rings. The smallest absolute Gasteiger partial charge is 0.293 e. The van der Waals surface area contributed by atoms with Gasteiger partial charge in [-0.1, -0.05) is 18.2 Å². The zero-order chi connectivity index (χ0) is 13.1. The molecule has 19 heavy (non-hydrogen) atoms. The van der Waals surface area contributed by atoms with Crippen LogP contribution in [-0.2, 0) is 6.42 Å². The summed E-state index contributed by atoms with van der Waals surface area (Å²) in [4.78, 5) is 15.4. The van der Waals surface area contributed by atoms with Gasteiger partial charge in [-0.15, -0.1) is 5.10 Å². The van der Waals surface area contributed by atoms with Crippen LogP contribution in [0.3, 0.4) is 0 Å². The first kappa shape index (κ1) is 11.7. The molecular weight excluding hydrogens is 242 g/mol. The van der Waals surface area contributed by atoms with Crippen LogP contribution >= 0.6 is 0 Å². The van der Waals surface area contributed by atoms with E-state index in [1.54, 1.807) is 11.1 Å². The number of hydrogen-bond acceptors (Lipinski definition) is 3. The fourth-order valence-electron chi connectivity index (χ4n) is 2.33. The highest BCUT2D eigenvalue weighted by molar-refractivity contribution is 5.98. The van der Waals surface area contributed by atoms with Crippen molar-refractivity contribution in [3.8, 4) is 0 Å². The van der Waals surface area contributed by atoms with Crippen LogP contribution in [0.5, 0.6) is 0 Å². The number of carbonyl (C=O) groups is 1. The Kier molecular flexibility index (Phi) is 3.14. The molecule has 0 spiro atoms.